The molecule has 0 aromatic carbocycles. The standard InChI is InChI=1S/C15H26N2O4/c1-7-12(18)16-9-14(3,4)20-10-15(5,6)21-11-17-13(19)8-2/h7-8H,1-2,9-11H2,3-6H3,(H,16,18)(H,17,19). The molecule has 0 spiro atoms. The number of ether oxygens (including phenoxy) is 2. The Kier molecular flexibility index (Phi) is 7.91. The zero-order valence-corrected chi connectivity index (χ0v) is 13.3. The molecule has 0 heterocycles. The average Bonchev–Trinajstić information content (AvgIpc) is 2.42. The molecule has 2 N–H and O–H groups in total. The Morgan fingerprint density at radius 1 is 0.952 bits per heavy atom. The number of nitrogens with one attached hydrogen (secondary N) is 2. The second kappa shape index (κ2) is 8.59. The maximum Gasteiger partial charge on any atom is 0.245 e. The fourth-order valence-corrected chi connectivity index (χ4v) is 1.21. The van der Waals surface area contributed by atoms with Crippen molar-refractivity contribution in [2.75, 3.05) is 19.9 Å². The van der Waals surface area contributed by atoms with Gasteiger partial charge < -0.3 is 20.1 Å². The van der Waals surface area contributed by atoms with Gasteiger partial charge in [-0.2, -0.15) is 0 Å². The van der Waals surface area contributed by atoms with E-state index in [0.29, 0.717) is 13.2 Å². The molecule has 0 aromatic rings. The number of rotatable bonds is 10. The van der Waals surface area contributed by atoms with Crippen LogP contribution in [0.25, 0.3) is 0 Å². The van der Waals surface area contributed by atoms with E-state index in [-0.39, 0.29) is 18.5 Å². The molecule has 0 bridgehead atoms. The SMILES string of the molecule is C=CC(=O)NCOC(C)(C)COC(C)(C)CNC(=O)C=C. The lowest BCUT2D eigenvalue weighted by molar-refractivity contribution is -0.133. The summed E-state index contributed by atoms with van der Waals surface area (Å²) >= 11 is 0. The molecule has 0 rings (SSSR count). The molecule has 6 nitrogen and oxygen atoms in total. The van der Waals surface area contributed by atoms with Gasteiger partial charge in [-0.1, -0.05) is 13.2 Å². The topological polar surface area (TPSA) is 76.7 Å². The maximum atomic E-state index is 11.1. The number of carbonyl (C=O) groups is 2. The minimum atomic E-state index is -0.575. The molecule has 120 valence electrons. The predicted octanol–water partition coefficient (Wildman–Crippen LogP) is 1.14. The van der Waals surface area contributed by atoms with Gasteiger partial charge in [0.25, 0.3) is 0 Å². The molecular weight excluding hydrogens is 272 g/mol. The monoisotopic (exact) mass is 298 g/mol. The molecule has 0 saturated carbocycles. The summed E-state index contributed by atoms with van der Waals surface area (Å²) in [6, 6.07) is 0. The van der Waals surface area contributed by atoms with E-state index in [4.69, 9.17) is 9.47 Å². The van der Waals surface area contributed by atoms with Crippen LogP contribution in [0.15, 0.2) is 25.3 Å². The van der Waals surface area contributed by atoms with E-state index >= 15 is 0 Å². The van der Waals surface area contributed by atoms with E-state index < -0.39 is 11.2 Å². The van der Waals surface area contributed by atoms with Crippen molar-refractivity contribution in [1.29, 1.82) is 0 Å². The minimum absolute atomic E-state index is 0.0782. The predicted molar refractivity (Wildman–Crippen MR) is 81.6 cm³/mol. The van der Waals surface area contributed by atoms with Crippen molar-refractivity contribution in [3.8, 4) is 0 Å². The molecule has 0 aliphatic rings. The van der Waals surface area contributed by atoms with E-state index in [0.717, 1.165) is 0 Å². The summed E-state index contributed by atoms with van der Waals surface area (Å²) in [5.74, 6) is -0.534. The summed E-state index contributed by atoms with van der Waals surface area (Å²) in [7, 11) is 0. The van der Waals surface area contributed by atoms with Gasteiger partial charge in [-0.3, -0.25) is 9.59 Å². The normalized spacial score (nSPS) is 11.6. The Morgan fingerprint density at radius 3 is 2.00 bits per heavy atom. The Bertz CT molecular complexity index is 389. The number of hydrogen-bond donors (Lipinski definition) is 2. The highest BCUT2D eigenvalue weighted by atomic mass is 16.6. The highest BCUT2D eigenvalue weighted by Crippen LogP contribution is 2.15. The van der Waals surface area contributed by atoms with Gasteiger partial charge >= 0.3 is 0 Å². The van der Waals surface area contributed by atoms with Gasteiger partial charge in [-0.05, 0) is 39.8 Å². The summed E-state index contributed by atoms with van der Waals surface area (Å²) in [6.45, 7) is 14.9. The molecule has 0 aliphatic heterocycles. The maximum absolute atomic E-state index is 11.1. The Morgan fingerprint density at radius 2 is 1.48 bits per heavy atom. The first-order valence-corrected chi connectivity index (χ1v) is 6.70. The molecule has 0 aromatic heterocycles. The fourth-order valence-electron chi connectivity index (χ4n) is 1.21. The van der Waals surface area contributed by atoms with Gasteiger partial charge in [0, 0.05) is 6.54 Å². The fraction of sp³-hybridized carbons (Fsp3) is 0.600. The molecule has 2 amide bonds. The van der Waals surface area contributed by atoms with Crippen LogP contribution in [0, 0.1) is 0 Å². The van der Waals surface area contributed by atoms with Crippen LogP contribution in [0.1, 0.15) is 27.7 Å². The van der Waals surface area contributed by atoms with Crippen molar-refractivity contribution in [3.05, 3.63) is 25.3 Å². The quantitative estimate of drug-likeness (QED) is 0.468. The molecule has 6 heteroatoms. The number of carbonyl (C=O) groups excluding carboxylic acids is 2. The first kappa shape index (κ1) is 19.3. The van der Waals surface area contributed by atoms with Gasteiger partial charge in [-0.25, -0.2) is 0 Å². The first-order valence-electron chi connectivity index (χ1n) is 6.70. The highest BCUT2D eigenvalue weighted by Gasteiger charge is 2.25. The van der Waals surface area contributed by atoms with Crippen LogP contribution in [-0.4, -0.2) is 42.9 Å². The van der Waals surface area contributed by atoms with E-state index in [1.165, 1.54) is 12.2 Å². The summed E-state index contributed by atoms with van der Waals surface area (Å²) in [5.41, 5.74) is -1.11. The van der Waals surface area contributed by atoms with E-state index in [1.807, 2.05) is 27.7 Å². The number of hydrogen-bond acceptors (Lipinski definition) is 4. The second-order valence-corrected chi connectivity index (χ2v) is 5.76. The Labute approximate surface area is 126 Å². The van der Waals surface area contributed by atoms with E-state index in [1.54, 1.807) is 0 Å². The van der Waals surface area contributed by atoms with Crippen molar-refractivity contribution < 1.29 is 19.1 Å². The summed E-state index contributed by atoms with van der Waals surface area (Å²) in [6.07, 6.45) is 2.39. The second-order valence-electron chi connectivity index (χ2n) is 5.76. The first-order chi connectivity index (χ1) is 9.62. The van der Waals surface area contributed by atoms with Crippen LogP contribution in [-0.2, 0) is 19.1 Å². The molecular formula is C15H26N2O4. The molecule has 21 heavy (non-hydrogen) atoms. The Hall–Kier alpha value is -1.66. The van der Waals surface area contributed by atoms with Gasteiger partial charge in [0.1, 0.15) is 6.73 Å². The number of amides is 2. The lowest BCUT2D eigenvalue weighted by Crippen LogP contribution is -2.44. The zero-order valence-electron chi connectivity index (χ0n) is 13.3. The molecule has 0 unspecified atom stereocenters. The van der Waals surface area contributed by atoms with Gasteiger partial charge in [0.15, 0.2) is 0 Å². The van der Waals surface area contributed by atoms with Crippen LogP contribution in [0.3, 0.4) is 0 Å². The van der Waals surface area contributed by atoms with Crippen molar-refractivity contribution in [2.45, 2.75) is 38.9 Å². The third-order valence-corrected chi connectivity index (χ3v) is 2.58. The average molecular weight is 298 g/mol. The zero-order chi connectivity index (χ0) is 16.5. The van der Waals surface area contributed by atoms with Crippen LogP contribution in [0.4, 0.5) is 0 Å². The third kappa shape index (κ3) is 9.81. The van der Waals surface area contributed by atoms with Crippen molar-refractivity contribution >= 4 is 11.8 Å². The largest absolute Gasteiger partial charge is 0.371 e. The minimum Gasteiger partial charge on any atom is -0.371 e. The lowest BCUT2D eigenvalue weighted by atomic mass is 10.1. The molecule has 0 saturated heterocycles. The van der Waals surface area contributed by atoms with E-state index in [9.17, 15) is 9.59 Å². The molecule has 0 radical (unpaired) electrons. The van der Waals surface area contributed by atoms with E-state index in [2.05, 4.69) is 23.8 Å². The molecule has 0 aliphatic carbocycles. The van der Waals surface area contributed by atoms with Gasteiger partial charge in [0.2, 0.25) is 11.8 Å². The smallest absolute Gasteiger partial charge is 0.245 e. The molecule has 0 fully saturated rings. The summed E-state index contributed by atoms with van der Waals surface area (Å²) < 4.78 is 11.3. The van der Waals surface area contributed by atoms with Gasteiger partial charge in [-0.15, -0.1) is 0 Å². The van der Waals surface area contributed by atoms with Crippen LogP contribution < -0.4 is 10.6 Å². The molecule has 0 atom stereocenters. The Balaban J connectivity index is 4.14. The van der Waals surface area contributed by atoms with Crippen LogP contribution >= 0.6 is 0 Å². The third-order valence-electron chi connectivity index (χ3n) is 2.58. The van der Waals surface area contributed by atoms with Crippen LogP contribution in [0.5, 0.6) is 0 Å². The van der Waals surface area contributed by atoms with Crippen molar-refractivity contribution in [2.24, 2.45) is 0 Å². The highest BCUT2D eigenvalue weighted by molar-refractivity contribution is 5.87. The lowest BCUT2D eigenvalue weighted by Gasteiger charge is -2.32. The summed E-state index contributed by atoms with van der Waals surface area (Å²) in [5, 5.41) is 5.21. The van der Waals surface area contributed by atoms with Gasteiger partial charge in [0.05, 0.1) is 17.8 Å². The van der Waals surface area contributed by atoms with Crippen LogP contribution in [0.2, 0.25) is 0 Å². The van der Waals surface area contributed by atoms with Crippen molar-refractivity contribution in [3.63, 3.8) is 0 Å². The van der Waals surface area contributed by atoms with Crippen molar-refractivity contribution in [1.82, 2.24) is 10.6 Å². The summed E-state index contributed by atoms with van der Waals surface area (Å²) in [4.78, 5) is 22.1.